The summed E-state index contributed by atoms with van der Waals surface area (Å²) in [5.74, 6) is -0.337. The lowest BCUT2D eigenvalue weighted by molar-refractivity contribution is -0.136. The Morgan fingerprint density at radius 3 is 3.00 bits per heavy atom. The highest BCUT2D eigenvalue weighted by molar-refractivity contribution is 6.03. The van der Waals surface area contributed by atoms with Crippen LogP contribution in [0.1, 0.15) is 19.3 Å². The molecule has 0 unspecified atom stereocenters. The van der Waals surface area contributed by atoms with Gasteiger partial charge in [0.15, 0.2) is 0 Å². The van der Waals surface area contributed by atoms with Gasteiger partial charge < -0.3 is 9.94 Å². The van der Waals surface area contributed by atoms with Crippen LogP contribution in [0.4, 0.5) is 0 Å². The molecule has 4 heteroatoms. The Morgan fingerprint density at radius 2 is 2.42 bits per heavy atom. The number of carbonyl (C=O) groups is 1. The summed E-state index contributed by atoms with van der Waals surface area (Å²) in [6.45, 7) is 0. The third-order valence-electron chi connectivity index (χ3n) is 1.80. The van der Waals surface area contributed by atoms with Crippen LogP contribution >= 0.6 is 0 Å². The summed E-state index contributed by atoms with van der Waals surface area (Å²) in [6, 6.07) is 0. The van der Waals surface area contributed by atoms with E-state index in [0.29, 0.717) is 17.7 Å². The van der Waals surface area contributed by atoms with E-state index in [-0.39, 0.29) is 5.97 Å². The van der Waals surface area contributed by atoms with E-state index in [1.165, 1.54) is 7.11 Å². The maximum absolute atomic E-state index is 11.0. The zero-order valence-corrected chi connectivity index (χ0v) is 6.91. The number of ether oxygens (including phenoxy) is 1. The number of rotatable bonds is 1. The third-order valence-corrected chi connectivity index (χ3v) is 1.80. The summed E-state index contributed by atoms with van der Waals surface area (Å²) in [6.07, 6.45) is 3.83. The Bertz CT molecular complexity index is 243. The highest BCUT2D eigenvalue weighted by Gasteiger charge is 2.15. The standard InChI is InChI=1S/C8H11NO3/c1-12-8(10)6-3-2-4-7(5-6)9-11/h5,11H,2-4H2,1H3/b9-7+. The summed E-state index contributed by atoms with van der Waals surface area (Å²) in [5.41, 5.74) is 1.12. The van der Waals surface area contributed by atoms with Crippen LogP contribution in [0.15, 0.2) is 16.8 Å². The van der Waals surface area contributed by atoms with Gasteiger partial charge in [0.25, 0.3) is 0 Å². The molecule has 0 saturated carbocycles. The van der Waals surface area contributed by atoms with Gasteiger partial charge in [-0.3, -0.25) is 0 Å². The minimum absolute atomic E-state index is 0.337. The molecule has 1 rings (SSSR count). The molecule has 0 fully saturated rings. The van der Waals surface area contributed by atoms with E-state index in [1.54, 1.807) is 6.08 Å². The average molecular weight is 169 g/mol. The lowest BCUT2D eigenvalue weighted by atomic mass is 9.98. The van der Waals surface area contributed by atoms with Crippen LogP contribution in [0, 0.1) is 0 Å². The molecule has 0 aromatic carbocycles. The molecule has 0 atom stereocenters. The van der Waals surface area contributed by atoms with E-state index in [4.69, 9.17) is 5.21 Å². The fourth-order valence-electron chi connectivity index (χ4n) is 1.18. The quantitative estimate of drug-likeness (QED) is 0.363. The molecule has 1 aliphatic carbocycles. The Kier molecular flexibility index (Phi) is 2.85. The zero-order valence-electron chi connectivity index (χ0n) is 6.91. The van der Waals surface area contributed by atoms with Gasteiger partial charge in [0.05, 0.1) is 12.8 Å². The van der Waals surface area contributed by atoms with E-state index in [2.05, 4.69) is 9.89 Å². The predicted molar refractivity (Wildman–Crippen MR) is 43.2 cm³/mol. The second-order valence-electron chi connectivity index (χ2n) is 2.61. The zero-order chi connectivity index (χ0) is 8.97. The minimum Gasteiger partial charge on any atom is -0.466 e. The van der Waals surface area contributed by atoms with Crippen LogP contribution in [-0.2, 0) is 9.53 Å². The number of esters is 1. The molecule has 4 nitrogen and oxygen atoms in total. The number of carbonyl (C=O) groups excluding carboxylic acids is 1. The first-order chi connectivity index (χ1) is 5.77. The molecule has 0 aromatic heterocycles. The van der Waals surface area contributed by atoms with Crippen LogP contribution in [0.2, 0.25) is 0 Å². The average Bonchev–Trinajstić information content (AvgIpc) is 2.17. The molecule has 0 aliphatic heterocycles. The van der Waals surface area contributed by atoms with Gasteiger partial charge in [0, 0.05) is 5.57 Å². The molecule has 0 saturated heterocycles. The SMILES string of the molecule is COC(=O)C1=C/C(=N/O)CCC1. The number of allylic oxidation sites excluding steroid dienone is 1. The number of methoxy groups -OCH3 is 1. The first-order valence-corrected chi connectivity index (χ1v) is 3.77. The Morgan fingerprint density at radius 1 is 1.67 bits per heavy atom. The number of hydrogen-bond donors (Lipinski definition) is 1. The molecule has 0 heterocycles. The van der Waals surface area contributed by atoms with Gasteiger partial charge >= 0.3 is 5.97 Å². The lowest BCUT2D eigenvalue weighted by Gasteiger charge is -2.10. The molecule has 1 N–H and O–H groups in total. The molecular formula is C8H11NO3. The molecule has 0 amide bonds. The van der Waals surface area contributed by atoms with Crippen LogP contribution < -0.4 is 0 Å². The van der Waals surface area contributed by atoms with E-state index in [1.807, 2.05) is 0 Å². The van der Waals surface area contributed by atoms with Crippen LogP contribution in [-0.4, -0.2) is 24.0 Å². The normalized spacial score (nSPS) is 20.4. The van der Waals surface area contributed by atoms with Gasteiger partial charge in [0.1, 0.15) is 0 Å². The molecule has 0 spiro atoms. The van der Waals surface area contributed by atoms with E-state index >= 15 is 0 Å². The monoisotopic (exact) mass is 169 g/mol. The molecule has 12 heavy (non-hydrogen) atoms. The maximum atomic E-state index is 11.0. The summed E-state index contributed by atoms with van der Waals surface area (Å²) >= 11 is 0. The van der Waals surface area contributed by atoms with Crippen molar-refractivity contribution in [2.75, 3.05) is 7.11 Å². The van der Waals surface area contributed by atoms with E-state index in [9.17, 15) is 4.79 Å². The largest absolute Gasteiger partial charge is 0.466 e. The van der Waals surface area contributed by atoms with Gasteiger partial charge in [0.2, 0.25) is 0 Å². The highest BCUT2D eigenvalue weighted by atomic mass is 16.5. The Balaban J connectivity index is 2.77. The molecule has 1 aliphatic rings. The summed E-state index contributed by atoms with van der Waals surface area (Å²) in [4.78, 5) is 11.0. The molecule has 0 aromatic rings. The van der Waals surface area contributed by atoms with E-state index in [0.717, 1.165) is 12.8 Å². The second kappa shape index (κ2) is 3.90. The molecule has 0 radical (unpaired) electrons. The van der Waals surface area contributed by atoms with Gasteiger partial charge in [-0.2, -0.15) is 0 Å². The molecule has 0 bridgehead atoms. The maximum Gasteiger partial charge on any atom is 0.333 e. The smallest absolute Gasteiger partial charge is 0.333 e. The fourth-order valence-corrected chi connectivity index (χ4v) is 1.18. The Hall–Kier alpha value is -1.32. The summed E-state index contributed by atoms with van der Waals surface area (Å²) in [5, 5.41) is 11.5. The van der Waals surface area contributed by atoms with Crippen molar-refractivity contribution in [2.24, 2.45) is 5.16 Å². The minimum atomic E-state index is -0.337. The number of nitrogens with zero attached hydrogens (tertiary/aromatic N) is 1. The predicted octanol–water partition coefficient (Wildman–Crippen LogP) is 1.10. The van der Waals surface area contributed by atoms with Crippen molar-refractivity contribution in [1.82, 2.24) is 0 Å². The first-order valence-electron chi connectivity index (χ1n) is 3.77. The number of oxime groups is 1. The van der Waals surface area contributed by atoms with Crippen molar-refractivity contribution in [2.45, 2.75) is 19.3 Å². The highest BCUT2D eigenvalue weighted by Crippen LogP contribution is 2.16. The van der Waals surface area contributed by atoms with Crippen molar-refractivity contribution < 1.29 is 14.7 Å². The number of hydrogen-bond acceptors (Lipinski definition) is 4. The van der Waals surface area contributed by atoms with Gasteiger partial charge in [-0.25, -0.2) is 4.79 Å². The Labute approximate surface area is 70.5 Å². The van der Waals surface area contributed by atoms with Crippen LogP contribution in [0.25, 0.3) is 0 Å². The van der Waals surface area contributed by atoms with Gasteiger partial charge in [-0.1, -0.05) is 5.16 Å². The van der Waals surface area contributed by atoms with E-state index < -0.39 is 0 Å². The van der Waals surface area contributed by atoms with Gasteiger partial charge in [-0.05, 0) is 25.3 Å². The molecular weight excluding hydrogens is 158 g/mol. The second-order valence-corrected chi connectivity index (χ2v) is 2.61. The lowest BCUT2D eigenvalue weighted by Crippen LogP contribution is -2.12. The van der Waals surface area contributed by atoms with Crippen molar-refractivity contribution in [1.29, 1.82) is 0 Å². The van der Waals surface area contributed by atoms with Crippen molar-refractivity contribution in [3.8, 4) is 0 Å². The topological polar surface area (TPSA) is 58.9 Å². The summed E-state index contributed by atoms with van der Waals surface area (Å²) < 4.78 is 4.54. The molecule has 66 valence electrons. The first kappa shape index (κ1) is 8.77. The fraction of sp³-hybridized carbons (Fsp3) is 0.500. The van der Waals surface area contributed by atoms with Crippen molar-refractivity contribution in [3.63, 3.8) is 0 Å². The van der Waals surface area contributed by atoms with Gasteiger partial charge in [-0.15, -0.1) is 0 Å². The van der Waals surface area contributed by atoms with Crippen molar-refractivity contribution in [3.05, 3.63) is 11.6 Å². The van der Waals surface area contributed by atoms with Crippen LogP contribution in [0.5, 0.6) is 0 Å². The van der Waals surface area contributed by atoms with Crippen molar-refractivity contribution >= 4 is 11.7 Å². The summed E-state index contributed by atoms with van der Waals surface area (Å²) in [7, 11) is 1.34. The third kappa shape index (κ3) is 1.84. The van der Waals surface area contributed by atoms with Crippen LogP contribution in [0.3, 0.4) is 0 Å².